The van der Waals surface area contributed by atoms with Crippen LogP contribution in [0.1, 0.15) is 32.0 Å². The minimum Gasteiger partial charge on any atom is -0.444 e. The second-order valence-electron chi connectivity index (χ2n) is 6.07. The van der Waals surface area contributed by atoms with Crippen molar-refractivity contribution >= 4 is 11.8 Å². The third-order valence-corrected chi connectivity index (χ3v) is 2.94. The van der Waals surface area contributed by atoms with E-state index >= 15 is 0 Å². The molecule has 122 valence electrons. The molecule has 0 fully saturated rings. The quantitative estimate of drug-likeness (QED) is 0.887. The Labute approximate surface area is 136 Å². The molecule has 0 bridgehead atoms. The highest BCUT2D eigenvalue weighted by atomic mass is 16.6. The van der Waals surface area contributed by atoms with Gasteiger partial charge in [0, 0.05) is 18.4 Å². The van der Waals surface area contributed by atoms with E-state index in [9.17, 15) is 4.79 Å². The normalized spacial score (nSPS) is 10.9. The third kappa shape index (κ3) is 5.94. The van der Waals surface area contributed by atoms with E-state index in [1.54, 1.807) is 6.20 Å². The highest BCUT2D eigenvalue weighted by molar-refractivity contribution is 5.68. The molecule has 1 aromatic carbocycles. The summed E-state index contributed by atoms with van der Waals surface area (Å²) in [5, 5.41) is 6.09. The van der Waals surface area contributed by atoms with Crippen molar-refractivity contribution in [2.75, 3.05) is 5.32 Å². The van der Waals surface area contributed by atoms with Crippen LogP contribution in [0.25, 0.3) is 0 Å². The number of alkyl carbamates (subject to hydrolysis) is 1. The van der Waals surface area contributed by atoms with Gasteiger partial charge in [-0.25, -0.2) is 14.8 Å². The zero-order valence-corrected chi connectivity index (χ0v) is 13.7. The smallest absolute Gasteiger partial charge is 0.407 e. The lowest BCUT2D eigenvalue weighted by molar-refractivity contribution is 0.0523. The van der Waals surface area contributed by atoms with Gasteiger partial charge in [-0.3, -0.25) is 0 Å². The van der Waals surface area contributed by atoms with Gasteiger partial charge in [0.25, 0.3) is 0 Å². The number of anilines is 1. The largest absolute Gasteiger partial charge is 0.444 e. The van der Waals surface area contributed by atoms with Crippen LogP contribution in [-0.2, 0) is 17.8 Å². The highest BCUT2D eigenvalue weighted by Crippen LogP contribution is 2.16. The number of carbonyl (C=O) groups is 1. The second kappa shape index (κ2) is 7.58. The summed E-state index contributed by atoms with van der Waals surface area (Å²) in [7, 11) is 0. The topological polar surface area (TPSA) is 76.1 Å². The summed E-state index contributed by atoms with van der Waals surface area (Å²) < 4.78 is 5.24. The molecule has 1 amide bonds. The van der Waals surface area contributed by atoms with E-state index in [2.05, 4.69) is 20.6 Å². The van der Waals surface area contributed by atoms with Crippen molar-refractivity contribution < 1.29 is 9.53 Å². The number of rotatable bonds is 5. The van der Waals surface area contributed by atoms with Crippen molar-refractivity contribution in [1.82, 2.24) is 15.3 Å². The van der Waals surface area contributed by atoms with Gasteiger partial charge in [0.05, 0.1) is 12.2 Å². The minimum atomic E-state index is -0.505. The van der Waals surface area contributed by atoms with Crippen LogP contribution in [0.2, 0.25) is 0 Å². The molecule has 1 heterocycles. The molecule has 2 rings (SSSR count). The Morgan fingerprint density at radius 3 is 2.65 bits per heavy atom. The first-order valence-corrected chi connectivity index (χ1v) is 7.47. The first-order valence-electron chi connectivity index (χ1n) is 7.47. The van der Waals surface area contributed by atoms with E-state index in [4.69, 9.17) is 4.74 Å². The summed E-state index contributed by atoms with van der Waals surface area (Å²) in [4.78, 5) is 19.8. The summed E-state index contributed by atoms with van der Waals surface area (Å²) >= 11 is 0. The molecule has 6 nitrogen and oxygen atoms in total. The fourth-order valence-corrected chi connectivity index (χ4v) is 1.94. The van der Waals surface area contributed by atoms with Crippen LogP contribution in [0.5, 0.6) is 0 Å². The SMILES string of the molecule is CC(C)(C)OC(=O)NCc1ccccc1NCc1ccncn1. The number of benzene rings is 1. The van der Waals surface area contributed by atoms with E-state index in [0.29, 0.717) is 13.1 Å². The van der Waals surface area contributed by atoms with E-state index < -0.39 is 11.7 Å². The van der Waals surface area contributed by atoms with Gasteiger partial charge in [0.1, 0.15) is 11.9 Å². The number of ether oxygens (including phenoxy) is 1. The molecule has 2 N–H and O–H groups in total. The number of hydrogen-bond acceptors (Lipinski definition) is 5. The number of amides is 1. The molecule has 0 atom stereocenters. The van der Waals surface area contributed by atoms with E-state index in [1.807, 2.05) is 51.1 Å². The summed E-state index contributed by atoms with van der Waals surface area (Å²) in [6.07, 6.45) is 2.80. The molecule has 1 aromatic heterocycles. The summed E-state index contributed by atoms with van der Waals surface area (Å²) in [6, 6.07) is 9.66. The maximum absolute atomic E-state index is 11.8. The first kappa shape index (κ1) is 16.7. The second-order valence-corrected chi connectivity index (χ2v) is 6.07. The Morgan fingerprint density at radius 1 is 1.17 bits per heavy atom. The van der Waals surface area contributed by atoms with Crippen LogP contribution in [0, 0.1) is 0 Å². The molecule has 0 spiro atoms. The Balaban J connectivity index is 1.93. The van der Waals surface area contributed by atoms with Gasteiger partial charge in [-0.2, -0.15) is 0 Å². The molecule has 0 unspecified atom stereocenters. The molecule has 0 aliphatic rings. The van der Waals surface area contributed by atoms with Crippen molar-refractivity contribution in [3.8, 4) is 0 Å². The standard InChI is InChI=1S/C17H22N4O2/c1-17(2,3)23-16(22)20-10-13-6-4-5-7-15(13)19-11-14-8-9-18-12-21-14/h4-9,12,19H,10-11H2,1-3H3,(H,20,22). The van der Waals surface area contributed by atoms with Crippen LogP contribution in [0.15, 0.2) is 42.9 Å². The molecule has 0 saturated heterocycles. The van der Waals surface area contributed by atoms with Crippen LogP contribution < -0.4 is 10.6 Å². The Bertz CT molecular complexity index is 639. The van der Waals surface area contributed by atoms with E-state index in [1.165, 1.54) is 6.33 Å². The lowest BCUT2D eigenvalue weighted by Gasteiger charge is -2.20. The zero-order chi connectivity index (χ0) is 16.7. The van der Waals surface area contributed by atoms with Crippen molar-refractivity contribution in [3.63, 3.8) is 0 Å². The average Bonchev–Trinajstić information content (AvgIpc) is 2.51. The van der Waals surface area contributed by atoms with Crippen LogP contribution in [0.3, 0.4) is 0 Å². The molecule has 2 aromatic rings. The van der Waals surface area contributed by atoms with Crippen molar-refractivity contribution in [3.05, 3.63) is 54.1 Å². The average molecular weight is 314 g/mol. The molecule has 0 saturated carbocycles. The number of nitrogens with zero attached hydrogens (tertiary/aromatic N) is 2. The van der Waals surface area contributed by atoms with Gasteiger partial charge >= 0.3 is 6.09 Å². The van der Waals surface area contributed by atoms with Crippen LogP contribution in [0.4, 0.5) is 10.5 Å². The number of para-hydroxylation sites is 1. The van der Waals surface area contributed by atoms with Gasteiger partial charge in [-0.1, -0.05) is 18.2 Å². The highest BCUT2D eigenvalue weighted by Gasteiger charge is 2.16. The molecular formula is C17H22N4O2. The fraction of sp³-hybridized carbons (Fsp3) is 0.353. The Hall–Kier alpha value is -2.63. The van der Waals surface area contributed by atoms with E-state index in [-0.39, 0.29) is 0 Å². The summed E-state index contributed by atoms with van der Waals surface area (Å²) in [6.45, 7) is 6.49. The van der Waals surface area contributed by atoms with Crippen LogP contribution >= 0.6 is 0 Å². The van der Waals surface area contributed by atoms with Gasteiger partial charge in [0.15, 0.2) is 0 Å². The first-order chi connectivity index (χ1) is 10.9. The minimum absolute atomic E-state index is 0.391. The van der Waals surface area contributed by atoms with Gasteiger partial charge in [-0.15, -0.1) is 0 Å². The molecule has 0 aliphatic carbocycles. The number of nitrogens with one attached hydrogen (secondary N) is 2. The van der Waals surface area contributed by atoms with Crippen LogP contribution in [-0.4, -0.2) is 21.7 Å². The maximum atomic E-state index is 11.8. The van der Waals surface area contributed by atoms with Gasteiger partial charge < -0.3 is 15.4 Å². The number of carbonyl (C=O) groups excluding carboxylic acids is 1. The molecule has 0 radical (unpaired) electrons. The fourth-order valence-electron chi connectivity index (χ4n) is 1.94. The maximum Gasteiger partial charge on any atom is 0.407 e. The molecule has 6 heteroatoms. The van der Waals surface area contributed by atoms with Gasteiger partial charge in [0.2, 0.25) is 0 Å². The summed E-state index contributed by atoms with van der Waals surface area (Å²) in [5.74, 6) is 0. The third-order valence-electron chi connectivity index (χ3n) is 2.94. The summed E-state index contributed by atoms with van der Waals surface area (Å²) in [5.41, 5.74) is 2.32. The Morgan fingerprint density at radius 2 is 1.96 bits per heavy atom. The lowest BCUT2D eigenvalue weighted by Crippen LogP contribution is -2.32. The molecular weight excluding hydrogens is 292 g/mol. The number of hydrogen-bond donors (Lipinski definition) is 2. The lowest BCUT2D eigenvalue weighted by atomic mass is 10.1. The number of aromatic nitrogens is 2. The zero-order valence-electron chi connectivity index (χ0n) is 13.7. The van der Waals surface area contributed by atoms with Gasteiger partial charge in [-0.05, 0) is 38.5 Å². The predicted octanol–water partition coefficient (Wildman–Crippen LogP) is 3.11. The van der Waals surface area contributed by atoms with E-state index in [0.717, 1.165) is 16.9 Å². The molecule has 0 aliphatic heterocycles. The van der Waals surface area contributed by atoms with Crippen molar-refractivity contribution in [2.45, 2.75) is 39.5 Å². The monoisotopic (exact) mass is 314 g/mol. The predicted molar refractivity (Wildman–Crippen MR) is 88.9 cm³/mol. The van der Waals surface area contributed by atoms with Crippen molar-refractivity contribution in [1.29, 1.82) is 0 Å². The Kier molecular flexibility index (Phi) is 5.51. The molecule has 23 heavy (non-hydrogen) atoms. The van der Waals surface area contributed by atoms with Crippen molar-refractivity contribution in [2.24, 2.45) is 0 Å².